The number of carbonyl (C=O) groups is 1. The summed E-state index contributed by atoms with van der Waals surface area (Å²) in [5.74, 6) is 0.624. The Hall–Kier alpha value is -3.89. The van der Waals surface area contributed by atoms with Crippen LogP contribution in [0.5, 0.6) is 5.75 Å². The summed E-state index contributed by atoms with van der Waals surface area (Å²) in [5.41, 5.74) is 13.5. The number of hydrazine groups is 1. The molecule has 4 rings (SSSR count). The molecule has 0 bridgehead atoms. The number of hydrogen-bond acceptors (Lipinski definition) is 7. The smallest absolute Gasteiger partial charge is 0.266 e. The van der Waals surface area contributed by atoms with E-state index in [2.05, 4.69) is 31.4 Å². The molecule has 0 unspecified atom stereocenters. The minimum absolute atomic E-state index is 0.0555. The first-order chi connectivity index (χ1) is 19.4. The number of ether oxygens (including phenoxy) is 2. The lowest BCUT2D eigenvalue weighted by Gasteiger charge is -2.33. The Morgan fingerprint density at radius 3 is 2.52 bits per heavy atom. The lowest BCUT2D eigenvalue weighted by atomic mass is 9.80. The SMILES string of the molecule is CN(C)NC(=O)[C@@]1(Cc2ccccc2Br)N=C(c2ccc(OCCCO)cc2)O[C@H]1c1ccccc1CN=[N+]=[N-]. The summed E-state index contributed by atoms with van der Waals surface area (Å²) in [6.45, 7) is 0.555. The highest BCUT2D eigenvalue weighted by atomic mass is 79.9. The van der Waals surface area contributed by atoms with Crippen molar-refractivity contribution >= 4 is 27.7 Å². The van der Waals surface area contributed by atoms with E-state index < -0.39 is 11.6 Å². The van der Waals surface area contributed by atoms with Gasteiger partial charge >= 0.3 is 0 Å². The maximum atomic E-state index is 14.1. The first-order valence-corrected chi connectivity index (χ1v) is 13.6. The normalized spacial score (nSPS) is 18.0. The van der Waals surface area contributed by atoms with Crippen LogP contribution in [0.1, 0.15) is 34.8 Å². The molecule has 1 heterocycles. The van der Waals surface area contributed by atoms with E-state index >= 15 is 0 Å². The van der Waals surface area contributed by atoms with Crippen molar-refractivity contribution in [1.82, 2.24) is 10.4 Å². The van der Waals surface area contributed by atoms with Gasteiger partial charge in [0.05, 0.1) is 13.2 Å². The third kappa shape index (κ3) is 6.63. The van der Waals surface area contributed by atoms with Crippen LogP contribution in [0, 0.1) is 0 Å². The zero-order valence-electron chi connectivity index (χ0n) is 22.3. The van der Waals surface area contributed by atoms with Crippen LogP contribution in [-0.2, 0) is 22.5 Å². The molecule has 40 heavy (non-hydrogen) atoms. The summed E-state index contributed by atoms with van der Waals surface area (Å²) in [7, 11) is 3.48. The van der Waals surface area contributed by atoms with Gasteiger partial charge in [0.2, 0.25) is 5.90 Å². The average Bonchev–Trinajstić information content (AvgIpc) is 3.34. The predicted octanol–water partition coefficient (Wildman–Crippen LogP) is 5.11. The predicted molar refractivity (Wildman–Crippen MR) is 156 cm³/mol. The average molecular weight is 608 g/mol. The number of azide groups is 1. The molecule has 1 aliphatic rings. The molecule has 0 aliphatic carbocycles. The highest BCUT2D eigenvalue weighted by Gasteiger charge is 2.54. The number of aliphatic hydroxyl groups is 1. The quantitative estimate of drug-likeness (QED) is 0.0971. The van der Waals surface area contributed by atoms with Crippen LogP contribution in [0.4, 0.5) is 0 Å². The van der Waals surface area contributed by atoms with Crippen molar-refractivity contribution in [3.8, 4) is 5.75 Å². The van der Waals surface area contributed by atoms with Gasteiger partial charge in [0.1, 0.15) is 5.75 Å². The number of rotatable bonds is 12. The van der Waals surface area contributed by atoms with E-state index in [1.54, 1.807) is 31.2 Å². The molecule has 2 N–H and O–H groups in total. The van der Waals surface area contributed by atoms with Crippen LogP contribution in [-0.4, -0.2) is 54.8 Å². The lowest BCUT2D eigenvalue weighted by Crippen LogP contribution is -2.53. The Kier molecular flexibility index (Phi) is 9.79. The van der Waals surface area contributed by atoms with Crippen molar-refractivity contribution in [2.75, 3.05) is 27.3 Å². The molecule has 1 aliphatic heterocycles. The van der Waals surface area contributed by atoms with Gasteiger partial charge in [-0.05, 0) is 52.6 Å². The number of aliphatic imine (C=N–C) groups is 1. The molecule has 0 spiro atoms. The standard InChI is InChI=1S/C29H31BrN6O4/c1-36(2)34-28(38)29(18-21-8-4-6-11-25(21)30)26(24-10-5-3-9-22(24)19-32-35-31)40-27(33-29)20-12-14-23(15-13-20)39-17-7-16-37/h3-6,8-15,26,37H,7,16-19H2,1-2H3,(H,34,38)/t26-,29-/m0/s1. The molecule has 0 radical (unpaired) electrons. The maximum Gasteiger partial charge on any atom is 0.266 e. The molecule has 3 aromatic rings. The van der Waals surface area contributed by atoms with E-state index in [-0.39, 0.29) is 25.5 Å². The van der Waals surface area contributed by atoms with E-state index in [0.29, 0.717) is 35.8 Å². The van der Waals surface area contributed by atoms with Crippen molar-refractivity contribution in [3.63, 3.8) is 0 Å². The molecular weight excluding hydrogens is 576 g/mol. The van der Waals surface area contributed by atoms with E-state index in [9.17, 15) is 4.79 Å². The van der Waals surface area contributed by atoms with Crippen molar-refractivity contribution in [1.29, 1.82) is 0 Å². The molecule has 0 saturated heterocycles. The second-order valence-electron chi connectivity index (χ2n) is 9.48. The van der Waals surface area contributed by atoms with Crippen LogP contribution < -0.4 is 10.2 Å². The summed E-state index contributed by atoms with van der Waals surface area (Å²) in [5, 5.41) is 14.4. The van der Waals surface area contributed by atoms with Crippen LogP contribution in [0.25, 0.3) is 10.4 Å². The largest absolute Gasteiger partial charge is 0.494 e. The van der Waals surface area contributed by atoms with E-state index in [4.69, 9.17) is 25.1 Å². The fourth-order valence-electron chi connectivity index (χ4n) is 4.53. The number of carbonyl (C=O) groups excluding carboxylic acids is 1. The Balaban J connectivity index is 1.84. The van der Waals surface area contributed by atoms with Gasteiger partial charge in [-0.2, -0.15) is 0 Å². The number of hydrogen-bond donors (Lipinski definition) is 2. The maximum absolute atomic E-state index is 14.1. The molecule has 10 nitrogen and oxygen atoms in total. The fraction of sp³-hybridized carbons (Fsp3) is 0.310. The lowest BCUT2D eigenvalue weighted by molar-refractivity contribution is -0.132. The number of nitrogens with one attached hydrogen (secondary N) is 1. The van der Waals surface area contributed by atoms with Crippen LogP contribution >= 0.6 is 15.9 Å². The van der Waals surface area contributed by atoms with E-state index in [1.165, 1.54) is 0 Å². The fourth-order valence-corrected chi connectivity index (χ4v) is 4.96. The Bertz CT molecular complexity index is 1410. The monoisotopic (exact) mass is 606 g/mol. The second-order valence-corrected chi connectivity index (χ2v) is 10.3. The van der Waals surface area contributed by atoms with Crippen molar-refractivity contribution in [2.24, 2.45) is 10.1 Å². The van der Waals surface area contributed by atoms with Gasteiger partial charge < -0.3 is 14.6 Å². The summed E-state index contributed by atoms with van der Waals surface area (Å²) in [6.07, 6.45) is -0.0480. The molecular formula is C29H31BrN6O4. The van der Waals surface area contributed by atoms with Gasteiger partial charge in [-0.25, -0.2) is 10.0 Å². The summed E-state index contributed by atoms with van der Waals surface area (Å²) < 4.78 is 13.1. The van der Waals surface area contributed by atoms with Gasteiger partial charge in [-0.3, -0.25) is 10.2 Å². The molecule has 2 atom stereocenters. The molecule has 11 heteroatoms. The number of amides is 1. The van der Waals surface area contributed by atoms with Crippen molar-refractivity contribution in [3.05, 3.63) is 110 Å². The topological polar surface area (TPSA) is 132 Å². The van der Waals surface area contributed by atoms with E-state index in [0.717, 1.165) is 15.6 Å². The number of benzene rings is 3. The second kappa shape index (κ2) is 13.5. The van der Waals surface area contributed by atoms with Crippen molar-refractivity contribution in [2.45, 2.75) is 31.0 Å². The number of nitrogens with zero attached hydrogens (tertiary/aromatic N) is 5. The minimum atomic E-state index is -1.40. The molecule has 0 saturated carbocycles. The zero-order chi connectivity index (χ0) is 28.5. The molecule has 1 amide bonds. The van der Waals surface area contributed by atoms with Crippen LogP contribution in [0.3, 0.4) is 0 Å². The van der Waals surface area contributed by atoms with Crippen LogP contribution in [0.2, 0.25) is 0 Å². The minimum Gasteiger partial charge on any atom is -0.494 e. The van der Waals surface area contributed by atoms with Gasteiger partial charge in [0.25, 0.3) is 5.91 Å². The van der Waals surface area contributed by atoms with Crippen LogP contribution in [0.15, 0.2) is 87.4 Å². The Labute approximate surface area is 241 Å². The Morgan fingerprint density at radius 1 is 1.15 bits per heavy atom. The van der Waals surface area contributed by atoms with Gasteiger partial charge in [0.15, 0.2) is 11.6 Å². The highest BCUT2D eigenvalue weighted by Crippen LogP contribution is 2.44. The summed E-state index contributed by atoms with van der Waals surface area (Å²) in [6, 6.07) is 22.4. The molecule has 0 aromatic heterocycles. The van der Waals surface area contributed by atoms with Gasteiger partial charge in [0, 0.05) is 48.5 Å². The Morgan fingerprint density at radius 2 is 1.85 bits per heavy atom. The highest BCUT2D eigenvalue weighted by molar-refractivity contribution is 9.10. The summed E-state index contributed by atoms with van der Waals surface area (Å²) >= 11 is 3.63. The molecule has 208 valence electrons. The zero-order valence-corrected chi connectivity index (χ0v) is 23.9. The first kappa shape index (κ1) is 29.1. The number of aliphatic hydroxyl groups excluding tert-OH is 1. The summed E-state index contributed by atoms with van der Waals surface area (Å²) in [4.78, 5) is 22.0. The molecule has 3 aromatic carbocycles. The van der Waals surface area contributed by atoms with Gasteiger partial charge in [-0.15, -0.1) is 0 Å². The van der Waals surface area contributed by atoms with Gasteiger partial charge in [-0.1, -0.05) is 63.5 Å². The third-order valence-electron chi connectivity index (χ3n) is 6.41. The van der Waals surface area contributed by atoms with E-state index in [1.807, 2.05) is 60.7 Å². The third-order valence-corrected chi connectivity index (χ3v) is 7.19. The number of halogens is 1. The molecule has 0 fully saturated rings. The first-order valence-electron chi connectivity index (χ1n) is 12.8. The van der Waals surface area contributed by atoms with Crippen molar-refractivity contribution < 1.29 is 19.4 Å².